The highest BCUT2D eigenvalue weighted by atomic mass is 32.2. The van der Waals surface area contributed by atoms with Crippen molar-refractivity contribution < 1.29 is 13.2 Å². The predicted octanol–water partition coefficient (Wildman–Crippen LogP) is 1.84. The number of sulfone groups is 1. The first-order chi connectivity index (χ1) is 8.30. The first-order valence-electron chi connectivity index (χ1n) is 5.88. The molecule has 1 aromatic rings. The normalized spacial score (nSPS) is 12.4. The molecule has 0 radical (unpaired) electrons. The third kappa shape index (κ3) is 3.99. The highest BCUT2D eigenvalue weighted by Crippen LogP contribution is 2.23. The molecule has 2 N–H and O–H groups in total. The van der Waals surface area contributed by atoms with Crippen molar-refractivity contribution >= 4 is 9.84 Å². The van der Waals surface area contributed by atoms with Gasteiger partial charge in [-0.15, -0.1) is 0 Å². The Kier molecular flexibility index (Phi) is 4.76. The van der Waals surface area contributed by atoms with Gasteiger partial charge in [0.2, 0.25) is 0 Å². The molecule has 0 saturated heterocycles. The minimum atomic E-state index is -3.27. The molecule has 0 atom stereocenters. The minimum Gasteiger partial charge on any atom is -0.497 e. The Morgan fingerprint density at radius 2 is 2.00 bits per heavy atom. The average molecular weight is 271 g/mol. The van der Waals surface area contributed by atoms with E-state index in [1.807, 2.05) is 13.8 Å². The summed E-state index contributed by atoms with van der Waals surface area (Å²) in [6.45, 7) is 4.41. The summed E-state index contributed by atoms with van der Waals surface area (Å²) in [6.07, 6.45) is 0.545. The minimum absolute atomic E-state index is 0.102. The lowest BCUT2D eigenvalue weighted by Crippen LogP contribution is -2.26. The monoisotopic (exact) mass is 271 g/mol. The second-order valence-electron chi connectivity index (χ2n) is 5.12. The van der Waals surface area contributed by atoms with E-state index in [1.165, 1.54) is 7.11 Å². The van der Waals surface area contributed by atoms with Crippen molar-refractivity contribution in [1.29, 1.82) is 0 Å². The van der Waals surface area contributed by atoms with Crippen LogP contribution in [0.2, 0.25) is 0 Å². The molecule has 0 bridgehead atoms. The van der Waals surface area contributed by atoms with Crippen molar-refractivity contribution in [2.24, 2.45) is 11.1 Å². The number of benzene rings is 1. The predicted molar refractivity (Wildman–Crippen MR) is 72.5 cm³/mol. The molecule has 5 heteroatoms. The van der Waals surface area contributed by atoms with E-state index in [4.69, 9.17) is 10.5 Å². The molecular formula is C13H21NO3S. The summed E-state index contributed by atoms with van der Waals surface area (Å²) in [4.78, 5) is 0.301. The molecule has 102 valence electrons. The molecule has 0 unspecified atom stereocenters. The highest BCUT2D eigenvalue weighted by molar-refractivity contribution is 7.91. The summed E-state index contributed by atoms with van der Waals surface area (Å²) in [7, 11) is -1.75. The van der Waals surface area contributed by atoms with Crippen LogP contribution in [0.3, 0.4) is 0 Å². The van der Waals surface area contributed by atoms with Crippen molar-refractivity contribution in [3.63, 3.8) is 0 Å². The number of methoxy groups -OCH3 is 1. The molecule has 0 fully saturated rings. The summed E-state index contributed by atoms with van der Waals surface area (Å²) in [5, 5.41) is 0. The van der Waals surface area contributed by atoms with Gasteiger partial charge in [0.05, 0.1) is 17.8 Å². The summed E-state index contributed by atoms with van der Waals surface area (Å²) in [5.41, 5.74) is 5.44. The number of ether oxygens (including phenoxy) is 1. The van der Waals surface area contributed by atoms with Crippen molar-refractivity contribution in [2.75, 3.05) is 19.4 Å². The lowest BCUT2D eigenvalue weighted by Gasteiger charge is -2.21. The zero-order valence-electron chi connectivity index (χ0n) is 11.1. The Balaban J connectivity index is 2.86. The van der Waals surface area contributed by atoms with E-state index in [1.54, 1.807) is 24.3 Å². The summed E-state index contributed by atoms with van der Waals surface area (Å²) in [6, 6.07) is 6.54. The Hall–Kier alpha value is -1.07. The summed E-state index contributed by atoms with van der Waals surface area (Å²) in [5.74, 6) is 0.652. The largest absolute Gasteiger partial charge is 0.497 e. The molecule has 1 aromatic carbocycles. The van der Waals surface area contributed by atoms with Crippen LogP contribution in [0.25, 0.3) is 0 Å². The fraction of sp³-hybridized carbons (Fsp3) is 0.538. The van der Waals surface area contributed by atoms with Crippen LogP contribution < -0.4 is 10.5 Å². The van der Waals surface area contributed by atoms with Gasteiger partial charge in [0.1, 0.15) is 5.75 Å². The number of hydrogen-bond donors (Lipinski definition) is 1. The van der Waals surface area contributed by atoms with Crippen LogP contribution in [0.1, 0.15) is 20.3 Å². The second kappa shape index (κ2) is 5.71. The third-order valence-electron chi connectivity index (χ3n) is 3.00. The van der Waals surface area contributed by atoms with Crippen LogP contribution in [-0.4, -0.2) is 27.8 Å². The zero-order chi connectivity index (χ0) is 13.8. The van der Waals surface area contributed by atoms with Crippen LogP contribution >= 0.6 is 0 Å². The van der Waals surface area contributed by atoms with Crippen LogP contribution in [-0.2, 0) is 9.84 Å². The van der Waals surface area contributed by atoms with E-state index < -0.39 is 9.84 Å². The molecule has 0 aliphatic rings. The first-order valence-corrected chi connectivity index (χ1v) is 7.53. The fourth-order valence-electron chi connectivity index (χ4n) is 1.43. The van der Waals surface area contributed by atoms with Crippen molar-refractivity contribution in [2.45, 2.75) is 25.2 Å². The molecule has 0 spiro atoms. The molecule has 18 heavy (non-hydrogen) atoms. The molecular weight excluding hydrogens is 250 g/mol. The Bertz CT molecular complexity index is 495. The number of hydrogen-bond acceptors (Lipinski definition) is 4. The molecule has 1 rings (SSSR count). The first kappa shape index (κ1) is 15.0. The van der Waals surface area contributed by atoms with Gasteiger partial charge in [0, 0.05) is 0 Å². The number of rotatable bonds is 6. The zero-order valence-corrected chi connectivity index (χ0v) is 12.0. The molecule has 0 heterocycles. The van der Waals surface area contributed by atoms with Gasteiger partial charge < -0.3 is 10.5 Å². The second-order valence-corrected chi connectivity index (χ2v) is 7.23. The van der Waals surface area contributed by atoms with Gasteiger partial charge in [-0.1, -0.05) is 19.9 Å². The molecule has 0 amide bonds. The fourth-order valence-corrected chi connectivity index (χ4v) is 3.06. The quantitative estimate of drug-likeness (QED) is 0.857. The van der Waals surface area contributed by atoms with Crippen LogP contribution in [0.15, 0.2) is 29.2 Å². The van der Waals surface area contributed by atoms with E-state index in [-0.39, 0.29) is 11.2 Å². The topological polar surface area (TPSA) is 69.4 Å². The van der Waals surface area contributed by atoms with Gasteiger partial charge in [-0.2, -0.15) is 0 Å². The smallest absolute Gasteiger partial charge is 0.178 e. The molecule has 4 nitrogen and oxygen atoms in total. The van der Waals surface area contributed by atoms with Crippen LogP contribution in [0.4, 0.5) is 0 Å². The lowest BCUT2D eigenvalue weighted by atomic mass is 9.91. The van der Waals surface area contributed by atoms with Crippen LogP contribution in [0.5, 0.6) is 5.75 Å². The van der Waals surface area contributed by atoms with E-state index in [0.29, 0.717) is 23.6 Å². The van der Waals surface area contributed by atoms with E-state index >= 15 is 0 Å². The molecule has 0 aliphatic heterocycles. The maximum absolute atomic E-state index is 12.2. The third-order valence-corrected chi connectivity index (χ3v) is 4.71. The van der Waals surface area contributed by atoms with Crippen molar-refractivity contribution in [1.82, 2.24) is 0 Å². The van der Waals surface area contributed by atoms with Gasteiger partial charge in [0.25, 0.3) is 0 Å². The summed E-state index contributed by atoms with van der Waals surface area (Å²) >= 11 is 0. The van der Waals surface area contributed by atoms with E-state index in [2.05, 4.69) is 0 Å². The van der Waals surface area contributed by atoms with Gasteiger partial charge in [-0.3, -0.25) is 0 Å². The van der Waals surface area contributed by atoms with E-state index in [0.717, 1.165) is 0 Å². The molecule has 0 aromatic heterocycles. The number of nitrogens with two attached hydrogens (primary N) is 1. The SMILES string of the molecule is COc1cccc(S(=O)(=O)CCC(C)(C)CN)c1. The average Bonchev–Trinajstić information content (AvgIpc) is 2.37. The Labute approximate surface area is 109 Å². The highest BCUT2D eigenvalue weighted by Gasteiger charge is 2.22. The van der Waals surface area contributed by atoms with Gasteiger partial charge in [0.15, 0.2) is 9.84 Å². The Morgan fingerprint density at radius 3 is 2.56 bits per heavy atom. The van der Waals surface area contributed by atoms with Gasteiger partial charge in [-0.05, 0) is 36.6 Å². The summed E-state index contributed by atoms with van der Waals surface area (Å²) < 4.78 is 29.4. The van der Waals surface area contributed by atoms with Crippen molar-refractivity contribution in [3.05, 3.63) is 24.3 Å². The lowest BCUT2D eigenvalue weighted by molar-refractivity contribution is 0.365. The molecule has 0 aliphatic carbocycles. The van der Waals surface area contributed by atoms with Gasteiger partial charge in [-0.25, -0.2) is 8.42 Å². The van der Waals surface area contributed by atoms with Crippen LogP contribution in [0, 0.1) is 5.41 Å². The maximum atomic E-state index is 12.2. The van der Waals surface area contributed by atoms with Gasteiger partial charge >= 0.3 is 0 Å². The standard InChI is InChI=1S/C13H21NO3S/c1-13(2,10-14)7-8-18(15,16)12-6-4-5-11(9-12)17-3/h4-6,9H,7-8,10,14H2,1-3H3. The molecule has 0 saturated carbocycles. The van der Waals surface area contributed by atoms with Crippen molar-refractivity contribution in [3.8, 4) is 5.75 Å². The van der Waals surface area contributed by atoms with E-state index in [9.17, 15) is 8.42 Å². The maximum Gasteiger partial charge on any atom is 0.178 e. The Morgan fingerprint density at radius 1 is 1.33 bits per heavy atom.